The Balaban J connectivity index is 1.25. The van der Waals surface area contributed by atoms with E-state index in [9.17, 15) is 4.79 Å². The lowest BCUT2D eigenvalue weighted by atomic mass is 10.0. The van der Waals surface area contributed by atoms with Crippen LogP contribution in [0.15, 0.2) is 59.1 Å². The number of aryl methyl sites for hydroxylation is 1. The fourth-order valence-corrected chi connectivity index (χ4v) is 4.41. The Morgan fingerprint density at radius 2 is 1.76 bits per heavy atom. The molecule has 8 nitrogen and oxygen atoms in total. The maximum absolute atomic E-state index is 13.3. The fourth-order valence-electron chi connectivity index (χ4n) is 4.41. The van der Waals surface area contributed by atoms with E-state index in [1.165, 1.54) is 5.56 Å². The molecule has 0 saturated carbocycles. The van der Waals surface area contributed by atoms with Crippen molar-refractivity contribution in [2.24, 2.45) is 0 Å². The standard InChI is InChI=1S/C25H28N4O4/c1-18-15-23(27-33-18)26-25(30)24(20-5-3-2-4-6-20)29-11-9-28(10-12-29)17-19-7-8-21-22(16-19)32-14-13-31-21/h2-8,15-16,24H,9-14,17H2,1H3,(H,26,27,30)/t24-/m1/s1. The van der Waals surface area contributed by atoms with E-state index in [0.717, 1.165) is 49.8 Å². The molecular formula is C25H28N4O4. The lowest BCUT2D eigenvalue weighted by molar-refractivity contribution is -0.122. The van der Waals surface area contributed by atoms with Crippen molar-refractivity contribution < 1.29 is 18.8 Å². The summed E-state index contributed by atoms with van der Waals surface area (Å²) in [7, 11) is 0. The highest BCUT2D eigenvalue weighted by molar-refractivity contribution is 5.94. The lowest BCUT2D eigenvalue weighted by Gasteiger charge is -2.38. The van der Waals surface area contributed by atoms with Gasteiger partial charge in [-0.1, -0.05) is 41.6 Å². The molecule has 1 atom stereocenters. The number of hydrogen-bond donors (Lipinski definition) is 1. The Morgan fingerprint density at radius 3 is 2.48 bits per heavy atom. The Morgan fingerprint density at radius 1 is 1.00 bits per heavy atom. The zero-order valence-corrected chi connectivity index (χ0v) is 18.7. The van der Waals surface area contributed by atoms with Crippen LogP contribution in [0.1, 0.15) is 22.9 Å². The van der Waals surface area contributed by atoms with Gasteiger partial charge in [0.15, 0.2) is 17.3 Å². The molecule has 1 saturated heterocycles. The zero-order valence-electron chi connectivity index (χ0n) is 18.7. The first kappa shape index (κ1) is 21.5. The molecule has 2 aromatic carbocycles. The van der Waals surface area contributed by atoms with Crippen molar-refractivity contribution in [3.05, 3.63) is 71.5 Å². The molecule has 1 N–H and O–H groups in total. The van der Waals surface area contributed by atoms with Gasteiger partial charge in [0, 0.05) is 38.8 Å². The number of anilines is 1. The molecule has 1 aromatic heterocycles. The van der Waals surface area contributed by atoms with Gasteiger partial charge in [0.2, 0.25) is 5.91 Å². The lowest BCUT2D eigenvalue weighted by Crippen LogP contribution is -2.49. The minimum Gasteiger partial charge on any atom is -0.486 e. The molecule has 0 aliphatic carbocycles. The summed E-state index contributed by atoms with van der Waals surface area (Å²) < 4.78 is 16.4. The summed E-state index contributed by atoms with van der Waals surface area (Å²) in [6, 6.07) is 17.4. The van der Waals surface area contributed by atoms with Crippen molar-refractivity contribution in [1.82, 2.24) is 15.0 Å². The molecule has 0 radical (unpaired) electrons. The van der Waals surface area contributed by atoms with E-state index in [-0.39, 0.29) is 11.9 Å². The van der Waals surface area contributed by atoms with Crippen LogP contribution >= 0.6 is 0 Å². The number of fused-ring (bicyclic) bond motifs is 1. The summed E-state index contributed by atoms with van der Waals surface area (Å²) in [5, 5.41) is 6.83. The molecule has 172 valence electrons. The van der Waals surface area contributed by atoms with E-state index in [1.54, 1.807) is 13.0 Å². The molecule has 33 heavy (non-hydrogen) atoms. The summed E-state index contributed by atoms with van der Waals surface area (Å²) in [6.45, 7) is 7.14. The van der Waals surface area contributed by atoms with Crippen LogP contribution in [0.5, 0.6) is 11.5 Å². The molecule has 2 aliphatic rings. The monoisotopic (exact) mass is 448 g/mol. The Kier molecular flexibility index (Phi) is 6.28. The van der Waals surface area contributed by atoms with Gasteiger partial charge in [-0.15, -0.1) is 0 Å². The van der Waals surface area contributed by atoms with Gasteiger partial charge in [0.1, 0.15) is 25.0 Å². The number of carbonyl (C=O) groups is 1. The Bertz CT molecular complexity index is 1090. The van der Waals surface area contributed by atoms with Crippen LogP contribution in [-0.2, 0) is 11.3 Å². The molecule has 1 amide bonds. The SMILES string of the molecule is Cc1cc(NC(=O)[C@@H](c2ccccc2)N2CCN(Cc3ccc4c(c3)OCCO4)CC2)no1. The summed E-state index contributed by atoms with van der Waals surface area (Å²) in [4.78, 5) is 17.9. The summed E-state index contributed by atoms with van der Waals surface area (Å²) in [5.74, 6) is 2.63. The number of benzene rings is 2. The van der Waals surface area contributed by atoms with Gasteiger partial charge in [0.25, 0.3) is 0 Å². The Labute approximate surface area is 193 Å². The normalized spacial score (nSPS) is 17.5. The number of carbonyl (C=O) groups excluding carboxylic acids is 1. The minimum atomic E-state index is -0.389. The highest BCUT2D eigenvalue weighted by atomic mass is 16.6. The van der Waals surface area contributed by atoms with Crippen LogP contribution < -0.4 is 14.8 Å². The Hall–Kier alpha value is -3.36. The van der Waals surface area contributed by atoms with Gasteiger partial charge in [-0.25, -0.2) is 0 Å². The maximum atomic E-state index is 13.3. The number of hydrogen-bond acceptors (Lipinski definition) is 7. The van der Waals surface area contributed by atoms with Gasteiger partial charge in [0.05, 0.1) is 0 Å². The number of aromatic nitrogens is 1. The summed E-state index contributed by atoms with van der Waals surface area (Å²) >= 11 is 0. The second kappa shape index (κ2) is 9.64. The van der Waals surface area contributed by atoms with Gasteiger partial charge in [-0.3, -0.25) is 14.6 Å². The number of rotatable bonds is 6. The number of amides is 1. The van der Waals surface area contributed by atoms with Crippen molar-refractivity contribution in [3.63, 3.8) is 0 Å². The van der Waals surface area contributed by atoms with Crippen LogP contribution in [-0.4, -0.2) is 60.3 Å². The topological polar surface area (TPSA) is 80.1 Å². The first-order valence-electron chi connectivity index (χ1n) is 11.3. The summed E-state index contributed by atoms with van der Waals surface area (Å²) in [6.07, 6.45) is 0. The van der Waals surface area contributed by atoms with Gasteiger partial charge in [-0.05, 0) is 30.2 Å². The maximum Gasteiger partial charge on any atom is 0.247 e. The quantitative estimate of drug-likeness (QED) is 0.620. The van der Waals surface area contributed by atoms with Crippen molar-refractivity contribution in [2.45, 2.75) is 19.5 Å². The van der Waals surface area contributed by atoms with Crippen LogP contribution in [0, 0.1) is 6.92 Å². The van der Waals surface area contributed by atoms with Crippen molar-refractivity contribution in [3.8, 4) is 11.5 Å². The molecule has 0 unspecified atom stereocenters. The average molecular weight is 449 g/mol. The molecule has 0 bridgehead atoms. The van der Waals surface area contributed by atoms with E-state index in [0.29, 0.717) is 24.8 Å². The zero-order chi connectivity index (χ0) is 22.6. The molecular weight excluding hydrogens is 420 g/mol. The third-order valence-corrected chi connectivity index (χ3v) is 6.03. The number of piperazine rings is 1. The predicted octanol–water partition coefficient (Wildman–Crippen LogP) is 3.25. The molecule has 5 rings (SSSR count). The van der Waals surface area contributed by atoms with Crippen molar-refractivity contribution in [1.29, 1.82) is 0 Å². The van der Waals surface area contributed by atoms with E-state index in [1.807, 2.05) is 36.4 Å². The molecule has 3 heterocycles. The number of nitrogens with zero attached hydrogens (tertiary/aromatic N) is 3. The van der Waals surface area contributed by atoms with E-state index >= 15 is 0 Å². The second-order valence-electron chi connectivity index (χ2n) is 8.42. The molecule has 1 fully saturated rings. The molecule has 2 aliphatic heterocycles. The summed E-state index contributed by atoms with van der Waals surface area (Å²) in [5.41, 5.74) is 2.17. The number of nitrogens with one attached hydrogen (secondary N) is 1. The van der Waals surface area contributed by atoms with Gasteiger partial charge in [-0.2, -0.15) is 0 Å². The van der Waals surface area contributed by atoms with E-state index < -0.39 is 0 Å². The first-order chi connectivity index (χ1) is 16.2. The fraction of sp³-hybridized carbons (Fsp3) is 0.360. The van der Waals surface area contributed by atoms with E-state index in [4.69, 9.17) is 14.0 Å². The molecule has 0 spiro atoms. The highest BCUT2D eigenvalue weighted by Gasteiger charge is 2.31. The highest BCUT2D eigenvalue weighted by Crippen LogP contribution is 2.31. The van der Waals surface area contributed by atoms with Crippen LogP contribution in [0.25, 0.3) is 0 Å². The van der Waals surface area contributed by atoms with Gasteiger partial charge < -0.3 is 19.3 Å². The van der Waals surface area contributed by atoms with E-state index in [2.05, 4.69) is 32.4 Å². The average Bonchev–Trinajstić information content (AvgIpc) is 3.25. The minimum absolute atomic E-state index is 0.102. The van der Waals surface area contributed by atoms with Crippen LogP contribution in [0.4, 0.5) is 5.82 Å². The number of ether oxygens (including phenoxy) is 2. The first-order valence-corrected chi connectivity index (χ1v) is 11.3. The van der Waals surface area contributed by atoms with Gasteiger partial charge >= 0.3 is 0 Å². The molecule has 8 heteroatoms. The smallest absolute Gasteiger partial charge is 0.247 e. The largest absolute Gasteiger partial charge is 0.486 e. The third-order valence-electron chi connectivity index (χ3n) is 6.03. The molecule has 3 aromatic rings. The predicted molar refractivity (Wildman–Crippen MR) is 123 cm³/mol. The van der Waals surface area contributed by atoms with Crippen molar-refractivity contribution in [2.75, 3.05) is 44.7 Å². The van der Waals surface area contributed by atoms with Crippen LogP contribution in [0.3, 0.4) is 0 Å². The third kappa shape index (κ3) is 5.02. The van der Waals surface area contributed by atoms with Crippen LogP contribution in [0.2, 0.25) is 0 Å². The van der Waals surface area contributed by atoms with Crippen molar-refractivity contribution >= 4 is 11.7 Å². The second-order valence-corrected chi connectivity index (χ2v) is 8.42.